The Labute approximate surface area is 124 Å². The molecule has 2 N–H and O–H groups in total. The van der Waals surface area contributed by atoms with Crippen LogP contribution in [0.1, 0.15) is 43.4 Å². The summed E-state index contributed by atoms with van der Waals surface area (Å²) in [4.78, 5) is 11.5. The molecule has 0 radical (unpaired) electrons. The minimum atomic E-state index is -0.693. The van der Waals surface area contributed by atoms with E-state index in [1.807, 2.05) is 13.0 Å². The van der Waals surface area contributed by atoms with Crippen LogP contribution in [0.2, 0.25) is 0 Å². The highest BCUT2D eigenvalue weighted by molar-refractivity contribution is 5.72. The highest BCUT2D eigenvalue weighted by Crippen LogP contribution is 2.49. The topological polar surface area (TPSA) is 49.3 Å². The first kappa shape index (κ1) is 14.5. The van der Waals surface area contributed by atoms with Gasteiger partial charge in [-0.25, -0.2) is 4.39 Å². The van der Waals surface area contributed by atoms with Gasteiger partial charge < -0.3 is 10.4 Å². The van der Waals surface area contributed by atoms with Crippen LogP contribution in [-0.2, 0) is 4.79 Å². The Balaban J connectivity index is 1.76. The highest BCUT2D eigenvalue weighted by Gasteiger charge is 2.51. The summed E-state index contributed by atoms with van der Waals surface area (Å²) < 4.78 is 13.7. The maximum absolute atomic E-state index is 13.7. The van der Waals surface area contributed by atoms with E-state index in [0.717, 1.165) is 24.8 Å². The lowest BCUT2D eigenvalue weighted by Gasteiger charge is -2.31. The molecule has 2 aliphatic rings. The number of nitrogens with one attached hydrogen (secondary N) is 1. The largest absolute Gasteiger partial charge is 0.481 e. The minimum absolute atomic E-state index is 0.0145. The Morgan fingerprint density at radius 1 is 1.38 bits per heavy atom. The van der Waals surface area contributed by atoms with Crippen molar-refractivity contribution in [2.75, 3.05) is 0 Å². The molecule has 114 valence electrons. The van der Waals surface area contributed by atoms with E-state index in [1.54, 1.807) is 19.1 Å². The van der Waals surface area contributed by atoms with Crippen molar-refractivity contribution >= 4 is 5.97 Å². The zero-order valence-electron chi connectivity index (χ0n) is 12.5. The van der Waals surface area contributed by atoms with E-state index in [4.69, 9.17) is 0 Å². The third-order valence-electron chi connectivity index (χ3n) is 5.34. The third kappa shape index (κ3) is 2.57. The van der Waals surface area contributed by atoms with Crippen LogP contribution in [0, 0.1) is 30.5 Å². The van der Waals surface area contributed by atoms with Crippen molar-refractivity contribution in [2.45, 2.75) is 45.2 Å². The lowest BCUT2D eigenvalue weighted by molar-refractivity contribution is -0.144. The second-order valence-electron chi connectivity index (χ2n) is 6.62. The van der Waals surface area contributed by atoms with Crippen LogP contribution in [0.4, 0.5) is 4.39 Å². The van der Waals surface area contributed by atoms with Gasteiger partial charge in [0, 0.05) is 12.1 Å². The van der Waals surface area contributed by atoms with Gasteiger partial charge in [0.15, 0.2) is 0 Å². The number of fused-ring (bicyclic) bond motifs is 2. The molecule has 0 aromatic heterocycles. The number of carboxylic acid groups (broad SMARTS) is 1. The molecular formula is C17H22FNO2. The van der Waals surface area contributed by atoms with Crippen molar-refractivity contribution in [2.24, 2.45) is 17.8 Å². The molecule has 0 amide bonds. The Morgan fingerprint density at radius 2 is 2.10 bits per heavy atom. The van der Waals surface area contributed by atoms with E-state index in [1.165, 1.54) is 0 Å². The summed E-state index contributed by atoms with van der Waals surface area (Å²) in [6, 6.07) is 5.22. The van der Waals surface area contributed by atoms with Crippen LogP contribution >= 0.6 is 0 Å². The zero-order chi connectivity index (χ0) is 15.1. The smallest absolute Gasteiger partial charge is 0.308 e. The quantitative estimate of drug-likeness (QED) is 0.895. The van der Waals surface area contributed by atoms with Crippen molar-refractivity contribution in [3.05, 3.63) is 35.1 Å². The van der Waals surface area contributed by atoms with Gasteiger partial charge in [-0.1, -0.05) is 12.1 Å². The minimum Gasteiger partial charge on any atom is -0.481 e. The maximum atomic E-state index is 13.7. The normalized spacial score (nSPS) is 32.3. The highest BCUT2D eigenvalue weighted by atomic mass is 19.1. The Morgan fingerprint density at radius 3 is 2.76 bits per heavy atom. The molecule has 2 fully saturated rings. The van der Waals surface area contributed by atoms with Gasteiger partial charge in [-0.05, 0) is 62.1 Å². The number of hydrogen-bond acceptors (Lipinski definition) is 2. The number of halogens is 1. The average molecular weight is 291 g/mol. The second kappa shape index (κ2) is 5.41. The number of hydrogen-bond donors (Lipinski definition) is 2. The molecule has 0 spiro atoms. The number of rotatable bonds is 4. The molecule has 5 unspecified atom stereocenters. The number of carboxylic acids is 1. The number of aryl methyl sites for hydroxylation is 1. The van der Waals surface area contributed by atoms with Gasteiger partial charge >= 0.3 is 5.97 Å². The summed E-state index contributed by atoms with van der Waals surface area (Å²) in [5, 5.41) is 12.9. The lowest BCUT2D eigenvalue weighted by Crippen LogP contribution is -2.45. The Kier molecular flexibility index (Phi) is 3.74. The summed E-state index contributed by atoms with van der Waals surface area (Å²) in [7, 11) is 0. The summed E-state index contributed by atoms with van der Waals surface area (Å²) in [5.41, 5.74) is 1.51. The number of benzene rings is 1. The molecule has 3 rings (SSSR count). The van der Waals surface area contributed by atoms with Crippen LogP contribution in [0.25, 0.3) is 0 Å². The predicted molar refractivity (Wildman–Crippen MR) is 78.4 cm³/mol. The van der Waals surface area contributed by atoms with E-state index >= 15 is 0 Å². The molecular weight excluding hydrogens is 269 g/mol. The van der Waals surface area contributed by atoms with E-state index in [9.17, 15) is 14.3 Å². The van der Waals surface area contributed by atoms with E-state index < -0.39 is 5.97 Å². The van der Waals surface area contributed by atoms with Gasteiger partial charge in [0.2, 0.25) is 0 Å². The first-order valence-electron chi connectivity index (χ1n) is 7.72. The van der Waals surface area contributed by atoms with Gasteiger partial charge in [0.05, 0.1) is 5.92 Å². The standard InChI is InChI=1S/C17H22FNO2/c1-9-3-4-11(8-14(9)18)10(2)19-16-13-6-5-12(7-13)15(16)17(20)21/h3-4,8,10,12-13,15-16,19H,5-7H2,1-2H3,(H,20,21). The summed E-state index contributed by atoms with van der Waals surface area (Å²) in [5.74, 6) is -0.423. The lowest BCUT2D eigenvalue weighted by atomic mass is 9.84. The zero-order valence-corrected chi connectivity index (χ0v) is 12.5. The van der Waals surface area contributed by atoms with Crippen LogP contribution < -0.4 is 5.32 Å². The molecule has 2 saturated carbocycles. The van der Waals surface area contributed by atoms with Gasteiger partial charge in [-0.15, -0.1) is 0 Å². The summed E-state index contributed by atoms with van der Waals surface area (Å²) in [6.07, 6.45) is 3.16. The first-order chi connectivity index (χ1) is 9.97. The van der Waals surface area contributed by atoms with Gasteiger partial charge in [0.1, 0.15) is 5.82 Å². The molecule has 2 aliphatic carbocycles. The summed E-state index contributed by atoms with van der Waals surface area (Å²) >= 11 is 0. The Hall–Kier alpha value is -1.42. The molecule has 4 heteroatoms. The third-order valence-corrected chi connectivity index (χ3v) is 5.34. The first-order valence-corrected chi connectivity index (χ1v) is 7.72. The molecule has 0 aliphatic heterocycles. The van der Waals surface area contributed by atoms with Gasteiger partial charge in [0.25, 0.3) is 0 Å². The van der Waals surface area contributed by atoms with Crippen molar-refractivity contribution in [1.82, 2.24) is 5.32 Å². The molecule has 1 aromatic rings. The molecule has 1 aromatic carbocycles. The van der Waals surface area contributed by atoms with Crippen LogP contribution in [0.15, 0.2) is 18.2 Å². The van der Waals surface area contributed by atoms with E-state index in [-0.39, 0.29) is 23.8 Å². The van der Waals surface area contributed by atoms with Crippen molar-refractivity contribution in [3.8, 4) is 0 Å². The molecule has 5 atom stereocenters. The molecule has 3 nitrogen and oxygen atoms in total. The molecule has 2 bridgehead atoms. The van der Waals surface area contributed by atoms with Gasteiger partial charge in [-0.3, -0.25) is 4.79 Å². The van der Waals surface area contributed by atoms with Crippen LogP contribution in [-0.4, -0.2) is 17.1 Å². The monoisotopic (exact) mass is 291 g/mol. The number of aliphatic carboxylic acids is 1. The molecule has 0 heterocycles. The van der Waals surface area contributed by atoms with Gasteiger partial charge in [-0.2, -0.15) is 0 Å². The van der Waals surface area contributed by atoms with Crippen LogP contribution in [0.5, 0.6) is 0 Å². The average Bonchev–Trinajstić information content (AvgIpc) is 3.02. The fourth-order valence-electron chi connectivity index (χ4n) is 4.15. The van der Waals surface area contributed by atoms with Crippen LogP contribution in [0.3, 0.4) is 0 Å². The fraction of sp³-hybridized carbons (Fsp3) is 0.588. The SMILES string of the molecule is Cc1ccc(C(C)NC2C3CCC(C3)C2C(=O)O)cc1F. The van der Waals surface area contributed by atoms with Crippen molar-refractivity contribution in [1.29, 1.82) is 0 Å². The maximum Gasteiger partial charge on any atom is 0.308 e. The molecule has 21 heavy (non-hydrogen) atoms. The molecule has 0 saturated heterocycles. The van der Waals surface area contributed by atoms with E-state index in [2.05, 4.69) is 5.32 Å². The number of carbonyl (C=O) groups is 1. The second-order valence-corrected chi connectivity index (χ2v) is 6.62. The Bertz CT molecular complexity index is 560. The van der Waals surface area contributed by atoms with Crippen molar-refractivity contribution in [3.63, 3.8) is 0 Å². The fourth-order valence-corrected chi connectivity index (χ4v) is 4.15. The predicted octanol–water partition coefficient (Wildman–Crippen LogP) is 3.28. The van der Waals surface area contributed by atoms with E-state index in [0.29, 0.717) is 17.4 Å². The van der Waals surface area contributed by atoms with Crippen molar-refractivity contribution < 1.29 is 14.3 Å². The summed E-state index contributed by atoms with van der Waals surface area (Å²) in [6.45, 7) is 3.72.